The molecule has 3 rings (SSSR count). The summed E-state index contributed by atoms with van der Waals surface area (Å²) in [6.45, 7) is 5.30. The van der Waals surface area contributed by atoms with Crippen molar-refractivity contribution in [3.63, 3.8) is 0 Å². The van der Waals surface area contributed by atoms with E-state index < -0.39 is 15.3 Å². The monoisotopic (exact) mass is 383 g/mol. The number of hydrogen-bond donors (Lipinski definition) is 1. The average Bonchev–Trinajstić information content (AvgIpc) is 3.24. The first-order chi connectivity index (χ1) is 11.8. The van der Waals surface area contributed by atoms with Gasteiger partial charge in [0.05, 0.1) is 16.9 Å². The average molecular weight is 383 g/mol. The van der Waals surface area contributed by atoms with Gasteiger partial charge in [0, 0.05) is 30.9 Å². The molecule has 1 fully saturated rings. The van der Waals surface area contributed by atoms with Crippen LogP contribution < -0.4 is 10.2 Å². The summed E-state index contributed by atoms with van der Waals surface area (Å²) < 4.78 is 26.2. The molecular formula is C15H21N5O3S2. The van der Waals surface area contributed by atoms with Crippen LogP contribution in [0.4, 0.5) is 5.13 Å². The molecule has 10 heteroatoms. The van der Waals surface area contributed by atoms with E-state index >= 15 is 0 Å². The van der Waals surface area contributed by atoms with E-state index in [0.29, 0.717) is 31.1 Å². The molecule has 0 saturated carbocycles. The highest BCUT2D eigenvalue weighted by Gasteiger charge is 2.34. The highest BCUT2D eigenvalue weighted by atomic mass is 32.2. The molecule has 1 N–H and O–H groups in total. The lowest BCUT2D eigenvalue weighted by Crippen LogP contribution is -2.39. The number of aromatic nitrogens is 1. The van der Waals surface area contributed by atoms with Crippen molar-refractivity contribution in [2.45, 2.75) is 38.5 Å². The van der Waals surface area contributed by atoms with E-state index in [1.54, 1.807) is 13.8 Å². The number of carbonyl (C=O) groups is 1. The molecule has 1 aromatic rings. The second kappa shape index (κ2) is 6.99. The molecule has 1 atom stereocenters. The summed E-state index contributed by atoms with van der Waals surface area (Å²) >= 11 is 1.23. The van der Waals surface area contributed by atoms with E-state index in [1.807, 2.05) is 6.19 Å². The Hall–Kier alpha value is -1.54. The third-order valence-electron chi connectivity index (χ3n) is 4.56. The zero-order chi connectivity index (χ0) is 18.2. The van der Waals surface area contributed by atoms with Crippen molar-refractivity contribution in [2.75, 3.05) is 24.5 Å². The zero-order valence-electron chi connectivity index (χ0n) is 14.2. The number of nitrogens with zero attached hydrogens (tertiary/aromatic N) is 4. The summed E-state index contributed by atoms with van der Waals surface area (Å²) in [6, 6.07) is 0. The van der Waals surface area contributed by atoms with Gasteiger partial charge in [0.1, 0.15) is 0 Å². The van der Waals surface area contributed by atoms with E-state index in [9.17, 15) is 18.5 Å². The highest BCUT2D eigenvalue weighted by molar-refractivity contribution is 7.89. The van der Waals surface area contributed by atoms with Crippen LogP contribution in [0.15, 0.2) is 0 Å². The summed E-state index contributed by atoms with van der Waals surface area (Å²) in [6.07, 6.45) is 3.14. The Morgan fingerprint density at radius 2 is 2.28 bits per heavy atom. The molecule has 136 valence electrons. The number of sulfonamides is 1. The van der Waals surface area contributed by atoms with Gasteiger partial charge in [-0.05, 0) is 26.8 Å². The quantitative estimate of drug-likeness (QED) is 0.605. The molecule has 0 unspecified atom stereocenters. The van der Waals surface area contributed by atoms with Crippen LogP contribution in [0.3, 0.4) is 0 Å². The molecule has 0 aromatic carbocycles. The SMILES string of the molecule is CC(C)S(=O)(=O)N1CCc2nc(N(C#N)C(=O)[C@H]3CCNC3)sc2C1. The van der Waals surface area contributed by atoms with Crippen molar-refractivity contribution in [2.24, 2.45) is 5.92 Å². The molecule has 25 heavy (non-hydrogen) atoms. The molecule has 3 heterocycles. The third-order valence-corrected chi connectivity index (χ3v) is 7.85. The van der Waals surface area contributed by atoms with Crippen LogP contribution in [-0.2, 0) is 27.8 Å². The lowest BCUT2D eigenvalue weighted by Gasteiger charge is -2.26. The lowest BCUT2D eigenvalue weighted by molar-refractivity contribution is -0.121. The number of nitriles is 1. The molecule has 1 amide bonds. The molecule has 0 aliphatic carbocycles. The number of carbonyl (C=O) groups excluding carboxylic acids is 1. The number of anilines is 1. The molecule has 2 aliphatic heterocycles. The standard InChI is InChI=1S/C15H21N5O3S2/c1-10(2)25(22,23)19-6-4-12-13(8-19)24-15(18-12)20(9-16)14(21)11-3-5-17-7-11/h10-11,17H,3-8H2,1-2H3/t11-/m0/s1. The Labute approximate surface area is 151 Å². The van der Waals surface area contributed by atoms with E-state index in [1.165, 1.54) is 15.6 Å². The van der Waals surface area contributed by atoms with Gasteiger partial charge in [-0.2, -0.15) is 14.5 Å². The van der Waals surface area contributed by atoms with E-state index in [4.69, 9.17) is 0 Å². The normalized spacial score (nSPS) is 21.1. The van der Waals surface area contributed by atoms with Crippen molar-refractivity contribution < 1.29 is 13.2 Å². The topological polar surface area (TPSA) is 106 Å². The highest BCUT2D eigenvalue weighted by Crippen LogP contribution is 2.33. The van der Waals surface area contributed by atoms with E-state index in [2.05, 4.69) is 10.3 Å². The fraction of sp³-hybridized carbons (Fsp3) is 0.667. The van der Waals surface area contributed by atoms with E-state index in [0.717, 1.165) is 22.0 Å². The van der Waals surface area contributed by atoms with Crippen LogP contribution in [0.2, 0.25) is 0 Å². The maximum Gasteiger partial charge on any atom is 0.246 e. The lowest BCUT2D eigenvalue weighted by atomic mass is 10.1. The van der Waals surface area contributed by atoms with Crippen LogP contribution in [0, 0.1) is 17.4 Å². The van der Waals surface area contributed by atoms with Crippen molar-refractivity contribution in [3.05, 3.63) is 10.6 Å². The van der Waals surface area contributed by atoms with Crippen molar-refractivity contribution in [1.29, 1.82) is 5.26 Å². The first kappa shape index (κ1) is 18.3. The molecule has 0 radical (unpaired) electrons. The number of thiazole rings is 1. The number of rotatable bonds is 4. The third kappa shape index (κ3) is 3.42. The summed E-state index contributed by atoms with van der Waals surface area (Å²) in [5, 5.41) is 12.4. The van der Waals surface area contributed by atoms with Gasteiger partial charge in [0.25, 0.3) is 0 Å². The molecule has 0 spiro atoms. The Morgan fingerprint density at radius 3 is 2.88 bits per heavy atom. The molecule has 0 bridgehead atoms. The van der Waals surface area contributed by atoms with Crippen LogP contribution in [0.1, 0.15) is 30.8 Å². The van der Waals surface area contributed by atoms with Gasteiger partial charge in [-0.1, -0.05) is 11.3 Å². The first-order valence-electron chi connectivity index (χ1n) is 8.26. The fourth-order valence-electron chi connectivity index (χ4n) is 3.00. The predicted octanol–water partition coefficient (Wildman–Crippen LogP) is 0.663. The Morgan fingerprint density at radius 1 is 1.52 bits per heavy atom. The Bertz CT molecular complexity index is 806. The summed E-state index contributed by atoms with van der Waals surface area (Å²) in [5.41, 5.74) is 0.785. The van der Waals surface area contributed by atoms with E-state index in [-0.39, 0.29) is 18.4 Å². The van der Waals surface area contributed by atoms with Crippen LogP contribution in [0.25, 0.3) is 0 Å². The number of nitrogens with one attached hydrogen (secondary N) is 1. The summed E-state index contributed by atoms with van der Waals surface area (Å²) in [4.78, 5) is 18.8. The van der Waals surface area contributed by atoms with Gasteiger partial charge in [0.2, 0.25) is 21.1 Å². The maximum atomic E-state index is 12.5. The minimum atomic E-state index is -3.33. The Kier molecular flexibility index (Phi) is 5.11. The zero-order valence-corrected chi connectivity index (χ0v) is 15.9. The van der Waals surface area contributed by atoms with Crippen LogP contribution >= 0.6 is 11.3 Å². The van der Waals surface area contributed by atoms with Gasteiger partial charge < -0.3 is 5.32 Å². The second-order valence-corrected chi connectivity index (χ2v) is 10.1. The number of fused-ring (bicyclic) bond motifs is 1. The molecular weight excluding hydrogens is 362 g/mol. The van der Waals surface area contributed by atoms with Gasteiger partial charge in [0.15, 0.2) is 6.19 Å². The van der Waals surface area contributed by atoms with Gasteiger partial charge in [-0.3, -0.25) is 4.79 Å². The van der Waals surface area contributed by atoms with Crippen molar-refractivity contribution in [1.82, 2.24) is 14.6 Å². The molecule has 2 aliphatic rings. The summed E-state index contributed by atoms with van der Waals surface area (Å²) in [5.74, 6) is -0.455. The predicted molar refractivity (Wildman–Crippen MR) is 94.4 cm³/mol. The number of hydrogen-bond acceptors (Lipinski definition) is 7. The molecule has 1 saturated heterocycles. The maximum absolute atomic E-state index is 12.5. The van der Waals surface area contributed by atoms with Crippen LogP contribution in [-0.4, -0.2) is 48.5 Å². The van der Waals surface area contributed by atoms with Gasteiger partial charge >= 0.3 is 0 Å². The molecule has 8 nitrogen and oxygen atoms in total. The smallest absolute Gasteiger partial charge is 0.246 e. The second-order valence-electron chi connectivity index (χ2n) is 6.51. The number of amides is 1. The molecule has 1 aromatic heterocycles. The fourth-order valence-corrected chi connectivity index (χ4v) is 5.42. The first-order valence-corrected chi connectivity index (χ1v) is 10.6. The largest absolute Gasteiger partial charge is 0.316 e. The van der Waals surface area contributed by atoms with Crippen molar-refractivity contribution >= 4 is 32.4 Å². The van der Waals surface area contributed by atoms with Gasteiger partial charge in [-0.25, -0.2) is 13.4 Å². The van der Waals surface area contributed by atoms with Crippen molar-refractivity contribution in [3.8, 4) is 6.19 Å². The van der Waals surface area contributed by atoms with Gasteiger partial charge in [-0.15, -0.1) is 0 Å². The summed E-state index contributed by atoms with van der Waals surface area (Å²) in [7, 11) is -3.33. The van der Waals surface area contributed by atoms with Crippen LogP contribution in [0.5, 0.6) is 0 Å². The Balaban J connectivity index is 1.82. The minimum Gasteiger partial charge on any atom is -0.316 e. The minimum absolute atomic E-state index is 0.210.